The minimum absolute atomic E-state index is 0.0291. The van der Waals surface area contributed by atoms with Gasteiger partial charge in [-0.3, -0.25) is 0 Å². The smallest absolute Gasteiger partial charge is 0.220 e. The van der Waals surface area contributed by atoms with E-state index in [1.165, 1.54) is 4.68 Å². The van der Waals surface area contributed by atoms with Gasteiger partial charge >= 0.3 is 0 Å². The number of rotatable bonds is 6. The summed E-state index contributed by atoms with van der Waals surface area (Å²) in [6, 6.07) is 0. The van der Waals surface area contributed by atoms with Gasteiger partial charge in [-0.1, -0.05) is 12.1 Å². The summed E-state index contributed by atoms with van der Waals surface area (Å²) in [4.78, 5) is 0. The van der Waals surface area contributed by atoms with Crippen LogP contribution in [0.25, 0.3) is 0 Å². The Labute approximate surface area is 94.7 Å². The van der Waals surface area contributed by atoms with E-state index in [0.717, 1.165) is 12.8 Å². The van der Waals surface area contributed by atoms with Crippen LogP contribution in [0.15, 0.2) is 5.03 Å². The monoisotopic (exact) mass is 247 g/mol. The minimum atomic E-state index is -3.38. The van der Waals surface area contributed by atoms with Crippen LogP contribution in [0.4, 0.5) is 5.82 Å². The molecule has 0 aromatic carbocycles. The number of nitrogens with two attached hydrogens (primary N) is 2. The molecule has 8 heteroatoms. The van der Waals surface area contributed by atoms with Crippen LogP contribution in [0.5, 0.6) is 0 Å². The number of hydrogen-bond acceptors (Lipinski definition) is 6. The highest BCUT2D eigenvalue weighted by molar-refractivity contribution is 7.91. The maximum Gasteiger partial charge on any atom is 0.220 e. The van der Waals surface area contributed by atoms with Crippen molar-refractivity contribution in [2.24, 2.45) is 5.73 Å². The normalized spacial score (nSPS) is 11.9. The molecule has 7 nitrogen and oxygen atoms in total. The van der Waals surface area contributed by atoms with Crippen molar-refractivity contribution in [1.82, 2.24) is 15.0 Å². The number of unbranched alkanes of at least 4 members (excludes halogenated alkanes) is 1. The highest BCUT2D eigenvalue weighted by Crippen LogP contribution is 2.16. The number of anilines is 1. The molecule has 0 atom stereocenters. The number of hydrogen-bond donors (Lipinski definition) is 2. The van der Waals surface area contributed by atoms with Crippen LogP contribution in [-0.2, 0) is 16.4 Å². The van der Waals surface area contributed by atoms with Gasteiger partial charge in [-0.2, -0.15) is 0 Å². The molecule has 0 unspecified atom stereocenters. The Hall–Kier alpha value is -1.15. The Bertz CT molecular complexity index is 439. The van der Waals surface area contributed by atoms with E-state index in [-0.39, 0.29) is 16.6 Å². The van der Waals surface area contributed by atoms with Crippen molar-refractivity contribution in [2.75, 3.05) is 18.0 Å². The molecule has 0 saturated carbocycles. The van der Waals surface area contributed by atoms with E-state index in [4.69, 9.17) is 11.5 Å². The number of sulfone groups is 1. The highest BCUT2D eigenvalue weighted by Gasteiger charge is 2.21. The van der Waals surface area contributed by atoms with Crippen LogP contribution in [0.1, 0.15) is 19.8 Å². The van der Waals surface area contributed by atoms with Crippen LogP contribution in [0, 0.1) is 0 Å². The van der Waals surface area contributed by atoms with Crippen molar-refractivity contribution in [2.45, 2.75) is 31.3 Å². The summed E-state index contributed by atoms with van der Waals surface area (Å²) < 4.78 is 24.5. The number of aromatic nitrogens is 3. The summed E-state index contributed by atoms with van der Waals surface area (Å²) in [7, 11) is -3.38. The Balaban J connectivity index is 2.85. The molecule has 1 aromatic heterocycles. The molecule has 1 heterocycles. The van der Waals surface area contributed by atoms with Gasteiger partial charge in [-0.25, -0.2) is 13.1 Å². The lowest BCUT2D eigenvalue weighted by atomic mass is 10.3. The fourth-order valence-electron chi connectivity index (χ4n) is 1.23. The van der Waals surface area contributed by atoms with Crippen LogP contribution >= 0.6 is 0 Å². The number of aryl methyl sites for hydroxylation is 1. The zero-order chi connectivity index (χ0) is 12.2. The lowest BCUT2D eigenvalue weighted by molar-refractivity contribution is 0.550. The Kier molecular flexibility index (Phi) is 4.25. The van der Waals surface area contributed by atoms with Gasteiger partial charge in [0, 0.05) is 6.54 Å². The third kappa shape index (κ3) is 2.70. The molecule has 0 spiro atoms. The van der Waals surface area contributed by atoms with Crippen LogP contribution in [-0.4, -0.2) is 35.7 Å². The third-order valence-electron chi connectivity index (χ3n) is 2.24. The third-order valence-corrected chi connectivity index (χ3v) is 3.88. The molecule has 0 amide bonds. The first kappa shape index (κ1) is 12.9. The van der Waals surface area contributed by atoms with E-state index in [1.54, 1.807) is 6.92 Å². The first-order valence-electron chi connectivity index (χ1n) is 5.14. The molecule has 1 rings (SSSR count). The fraction of sp³-hybridized carbons (Fsp3) is 0.750. The zero-order valence-electron chi connectivity index (χ0n) is 9.26. The molecule has 4 N–H and O–H groups in total. The maximum atomic E-state index is 11.5. The maximum absolute atomic E-state index is 11.5. The Morgan fingerprint density at radius 1 is 1.38 bits per heavy atom. The second-order valence-electron chi connectivity index (χ2n) is 3.40. The minimum Gasteiger partial charge on any atom is -0.381 e. The van der Waals surface area contributed by atoms with Gasteiger partial charge in [-0.15, -0.1) is 5.10 Å². The van der Waals surface area contributed by atoms with Crippen molar-refractivity contribution < 1.29 is 8.42 Å². The topological polar surface area (TPSA) is 117 Å². The van der Waals surface area contributed by atoms with E-state index in [0.29, 0.717) is 13.1 Å². The standard InChI is InChI=1S/C8H17N5O2S/c1-2-16(14,15)8-7(10)13(12-11-8)6-4-3-5-9/h2-6,9-10H2,1H3. The van der Waals surface area contributed by atoms with Crippen LogP contribution in [0.2, 0.25) is 0 Å². The van der Waals surface area contributed by atoms with Gasteiger partial charge < -0.3 is 11.5 Å². The number of nitrogens with zero attached hydrogens (tertiary/aromatic N) is 3. The predicted molar refractivity (Wildman–Crippen MR) is 60.4 cm³/mol. The second-order valence-corrected chi connectivity index (χ2v) is 5.60. The van der Waals surface area contributed by atoms with E-state index >= 15 is 0 Å². The molecule has 0 aliphatic rings. The quantitative estimate of drug-likeness (QED) is 0.648. The zero-order valence-corrected chi connectivity index (χ0v) is 10.1. The summed E-state index contributed by atoms with van der Waals surface area (Å²) in [6.45, 7) is 2.67. The second kappa shape index (κ2) is 5.26. The highest BCUT2D eigenvalue weighted by atomic mass is 32.2. The molecular formula is C8H17N5O2S. The fourth-order valence-corrected chi connectivity index (χ4v) is 2.09. The van der Waals surface area contributed by atoms with Crippen molar-refractivity contribution in [1.29, 1.82) is 0 Å². The van der Waals surface area contributed by atoms with Gasteiger partial charge in [0.15, 0.2) is 5.82 Å². The van der Waals surface area contributed by atoms with E-state index in [9.17, 15) is 8.42 Å². The van der Waals surface area contributed by atoms with Crippen molar-refractivity contribution in [3.8, 4) is 0 Å². The van der Waals surface area contributed by atoms with Crippen molar-refractivity contribution in [3.05, 3.63) is 0 Å². The summed E-state index contributed by atoms with van der Waals surface area (Å²) in [5, 5.41) is 7.21. The van der Waals surface area contributed by atoms with Gasteiger partial charge in [0.25, 0.3) is 0 Å². The van der Waals surface area contributed by atoms with Crippen LogP contribution < -0.4 is 11.5 Å². The molecule has 0 aliphatic heterocycles. The molecule has 1 aromatic rings. The van der Waals surface area contributed by atoms with Crippen molar-refractivity contribution in [3.63, 3.8) is 0 Å². The molecular weight excluding hydrogens is 230 g/mol. The first-order chi connectivity index (χ1) is 7.53. The van der Waals surface area contributed by atoms with E-state index in [1.807, 2.05) is 0 Å². The van der Waals surface area contributed by atoms with Gasteiger partial charge in [-0.05, 0) is 19.4 Å². The lowest BCUT2D eigenvalue weighted by Gasteiger charge is -2.02. The van der Waals surface area contributed by atoms with Gasteiger partial charge in [0.1, 0.15) is 0 Å². The predicted octanol–water partition coefficient (Wildman–Crippen LogP) is -0.607. The molecule has 0 fully saturated rings. The molecule has 16 heavy (non-hydrogen) atoms. The SMILES string of the molecule is CCS(=O)(=O)c1nnn(CCCCN)c1N. The Morgan fingerprint density at radius 3 is 2.62 bits per heavy atom. The largest absolute Gasteiger partial charge is 0.381 e. The van der Waals surface area contributed by atoms with Crippen LogP contribution in [0.3, 0.4) is 0 Å². The van der Waals surface area contributed by atoms with E-state index < -0.39 is 9.84 Å². The van der Waals surface area contributed by atoms with Crippen molar-refractivity contribution >= 4 is 15.7 Å². The summed E-state index contributed by atoms with van der Waals surface area (Å²) >= 11 is 0. The summed E-state index contributed by atoms with van der Waals surface area (Å²) in [5.41, 5.74) is 11.0. The average Bonchev–Trinajstić information content (AvgIpc) is 2.62. The molecule has 0 radical (unpaired) electrons. The molecule has 92 valence electrons. The first-order valence-corrected chi connectivity index (χ1v) is 6.80. The summed E-state index contributed by atoms with van der Waals surface area (Å²) in [5.74, 6) is 0.0810. The average molecular weight is 247 g/mol. The van der Waals surface area contributed by atoms with Gasteiger partial charge in [0.05, 0.1) is 5.75 Å². The lowest BCUT2D eigenvalue weighted by Crippen LogP contribution is -2.10. The molecule has 0 bridgehead atoms. The van der Waals surface area contributed by atoms with Gasteiger partial charge in [0.2, 0.25) is 14.9 Å². The van der Waals surface area contributed by atoms with E-state index in [2.05, 4.69) is 10.3 Å². The Morgan fingerprint density at radius 2 is 2.06 bits per heavy atom. The molecule has 0 saturated heterocycles. The molecule has 0 aliphatic carbocycles. The summed E-state index contributed by atoms with van der Waals surface area (Å²) in [6.07, 6.45) is 1.64. The number of nitrogen functional groups attached to an aromatic ring is 1.